The van der Waals surface area contributed by atoms with Crippen LogP contribution >= 0.6 is 11.8 Å². The van der Waals surface area contributed by atoms with Crippen LogP contribution < -0.4 is 0 Å². The summed E-state index contributed by atoms with van der Waals surface area (Å²) in [4.78, 5) is 39.0. The summed E-state index contributed by atoms with van der Waals surface area (Å²) >= 11 is 1.42. The molecule has 0 bridgehead atoms. The number of carbonyl (C=O) groups excluding carboxylic acids is 2. The average molecular weight is 411 g/mol. The molecule has 5 atom stereocenters. The van der Waals surface area contributed by atoms with Gasteiger partial charge in [0.15, 0.2) is 0 Å². The van der Waals surface area contributed by atoms with Crippen molar-refractivity contribution in [1.82, 2.24) is 9.80 Å². The van der Waals surface area contributed by atoms with Crippen molar-refractivity contribution >= 4 is 35.4 Å². The van der Waals surface area contributed by atoms with Crippen molar-refractivity contribution in [3.8, 4) is 0 Å². The SMILES string of the molecule is CC(=N)N1CC(SC2=C(C(=O)O)N3C(=O)[C@H](C(C)O)[C@H]3C2)CC1COC(C)=O. The number of carboxylic acid groups (broad SMARTS) is 1. The minimum atomic E-state index is -1.14. The topological polar surface area (TPSA) is 131 Å². The van der Waals surface area contributed by atoms with Crippen LogP contribution in [-0.2, 0) is 19.1 Å². The highest BCUT2D eigenvalue weighted by molar-refractivity contribution is 8.03. The van der Waals surface area contributed by atoms with Crippen LogP contribution in [0.2, 0.25) is 0 Å². The number of likely N-dealkylation sites (tertiary alicyclic amines) is 1. The van der Waals surface area contributed by atoms with E-state index in [-0.39, 0.29) is 41.5 Å². The van der Waals surface area contributed by atoms with Gasteiger partial charge in [-0.25, -0.2) is 4.79 Å². The van der Waals surface area contributed by atoms with Gasteiger partial charge in [0.2, 0.25) is 5.91 Å². The van der Waals surface area contributed by atoms with Crippen LogP contribution in [0.1, 0.15) is 33.6 Å². The number of hydrogen-bond acceptors (Lipinski definition) is 7. The Labute approximate surface area is 167 Å². The molecule has 0 radical (unpaired) electrons. The molecule has 2 saturated heterocycles. The van der Waals surface area contributed by atoms with Gasteiger partial charge in [0, 0.05) is 30.0 Å². The fourth-order valence-corrected chi connectivity index (χ4v) is 5.80. The molecule has 0 spiro atoms. The first-order valence-corrected chi connectivity index (χ1v) is 10.1. The van der Waals surface area contributed by atoms with E-state index in [0.29, 0.717) is 30.1 Å². The van der Waals surface area contributed by atoms with Crippen LogP contribution in [0.5, 0.6) is 0 Å². The molecule has 154 valence electrons. The monoisotopic (exact) mass is 411 g/mol. The highest BCUT2D eigenvalue weighted by Crippen LogP contribution is 2.49. The number of fused-ring (bicyclic) bond motifs is 1. The lowest BCUT2D eigenvalue weighted by atomic mass is 9.83. The second kappa shape index (κ2) is 7.75. The molecule has 1 amide bonds. The van der Waals surface area contributed by atoms with Gasteiger partial charge >= 0.3 is 11.9 Å². The standard InChI is InChI=1S/C18H25N3O6S/c1-8(22)15-13-5-14(16(18(25)26)21(13)17(15)24)28-12-4-11(7-27-10(3)23)20(6-12)9(2)19/h8,11-13,15,19,22H,4-7H2,1-3H3,(H,25,26)/t8?,11?,12?,13-,15-/m1/s1. The lowest BCUT2D eigenvalue weighted by Gasteiger charge is -2.44. The zero-order chi connectivity index (χ0) is 20.7. The summed E-state index contributed by atoms with van der Waals surface area (Å²) in [5.74, 6) is -2.06. The van der Waals surface area contributed by atoms with Crippen molar-refractivity contribution in [2.45, 2.75) is 57.1 Å². The Kier molecular flexibility index (Phi) is 5.72. The number of aliphatic hydroxyl groups is 1. The number of esters is 1. The molecule has 2 fully saturated rings. The molecule has 3 heterocycles. The molecule has 3 aliphatic rings. The molecular weight excluding hydrogens is 386 g/mol. The normalized spacial score (nSPS) is 30.2. The average Bonchev–Trinajstić information content (AvgIpc) is 3.12. The molecule has 0 aromatic heterocycles. The Balaban J connectivity index is 1.74. The predicted molar refractivity (Wildman–Crippen MR) is 102 cm³/mol. The molecule has 0 saturated carbocycles. The molecule has 28 heavy (non-hydrogen) atoms. The third-order valence-electron chi connectivity index (χ3n) is 5.49. The highest BCUT2D eigenvalue weighted by atomic mass is 32.2. The van der Waals surface area contributed by atoms with Gasteiger partial charge in [0.25, 0.3) is 0 Å². The Bertz CT molecular complexity index is 752. The van der Waals surface area contributed by atoms with Gasteiger partial charge in [-0.3, -0.25) is 15.0 Å². The van der Waals surface area contributed by atoms with Gasteiger partial charge < -0.3 is 24.7 Å². The van der Waals surface area contributed by atoms with Gasteiger partial charge in [-0.2, -0.15) is 0 Å². The summed E-state index contributed by atoms with van der Waals surface area (Å²) in [5.41, 5.74) is 0.0125. The Morgan fingerprint density at radius 3 is 2.61 bits per heavy atom. The quantitative estimate of drug-likeness (QED) is 0.251. The maximum absolute atomic E-state index is 12.3. The third kappa shape index (κ3) is 3.62. The number of nitrogens with zero attached hydrogens (tertiary/aromatic N) is 2. The first-order valence-electron chi connectivity index (χ1n) is 9.21. The summed E-state index contributed by atoms with van der Waals surface area (Å²) in [6, 6.07) is -0.432. The molecule has 3 N–H and O–H groups in total. The molecule has 0 aromatic rings. The van der Waals surface area contributed by atoms with Crippen molar-refractivity contribution in [2.24, 2.45) is 5.92 Å². The van der Waals surface area contributed by atoms with E-state index in [9.17, 15) is 24.6 Å². The van der Waals surface area contributed by atoms with Gasteiger partial charge in [0.05, 0.1) is 29.9 Å². The summed E-state index contributed by atoms with van der Waals surface area (Å²) < 4.78 is 5.11. The summed E-state index contributed by atoms with van der Waals surface area (Å²) in [6.45, 7) is 5.28. The Morgan fingerprint density at radius 1 is 1.39 bits per heavy atom. The lowest BCUT2D eigenvalue weighted by molar-refractivity contribution is -0.161. The molecule has 0 aliphatic carbocycles. The molecule has 3 unspecified atom stereocenters. The smallest absolute Gasteiger partial charge is 0.353 e. The maximum Gasteiger partial charge on any atom is 0.353 e. The zero-order valence-corrected chi connectivity index (χ0v) is 16.9. The number of aliphatic hydroxyl groups excluding tert-OH is 1. The first-order chi connectivity index (χ1) is 13.1. The number of thioether (sulfide) groups is 1. The van der Waals surface area contributed by atoms with Gasteiger partial charge in [0.1, 0.15) is 12.3 Å². The van der Waals surface area contributed by atoms with Crippen LogP contribution in [0.3, 0.4) is 0 Å². The number of β-lactam (4-membered cyclic amide) rings is 1. The number of amidine groups is 1. The van der Waals surface area contributed by atoms with Crippen molar-refractivity contribution < 1.29 is 29.3 Å². The highest BCUT2D eigenvalue weighted by Gasteiger charge is 2.57. The second-order valence-electron chi connectivity index (χ2n) is 7.49. The molecule has 0 aromatic carbocycles. The van der Waals surface area contributed by atoms with E-state index in [1.54, 1.807) is 13.8 Å². The van der Waals surface area contributed by atoms with Crippen LogP contribution in [0.15, 0.2) is 10.6 Å². The lowest BCUT2D eigenvalue weighted by Crippen LogP contribution is -2.61. The number of aliphatic carboxylic acids is 1. The van der Waals surface area contributed by atoms with E-state index >= 15 is 0 Å². The van der Waals surface area contributed by atoms with E-state index in [1.165, 1.54) is 23.6 Å². The number of nitrogens with one attached hydrogen (secondary N) is 1. The van der Waals surface area contributed by atoms with E-state index in [2.05, 4.69) is 0 Å². The minimum absolute atomic E-state index is 0.0125. The number of rotatable bonds is 6. The molecule has 3 aliphatic heterocycles. The minimum Gasteiger partial charge on any atom is -0.477 e. The molecular formula is C18H25N3O6S. The molecule has 9 nitrogen and oxygen atoms in total. The van der Waals surface area contributed by atoms with Crippen LogP contribution in [0, 0.1) is 11.3 Å². The van der Waals surface area contributed by atoms with Gasteiger partial charge in [-0.1, -0.05) is 0 Å². The van der Waals surface area contributed by atoms with Crippen molar-refractivity contribution in [3.05, 3.63) is 10.6 Å². The number of carbonyl (C=O) groups is 3. The maximum atomic E-state index is 12.3. The number of ether oxygens (including phenoxy) is 1. The second-order valence-corrected chi connectivity index (χ2v) is 8.89. The van der Waals surface area contributed by atoms with E-state index < -0.39 is 18.0 Å². The van der Waals surface area contributed by atoms with Crippen LogP contribution in [0.4, 0.5) is 0 Å². The van der Waals surface area contributed by atoms with Crippen molar-refractivity contribution in [2.75, 3.05) is 13.2 Å². The zero-order valence-electron chi connectivity index (χ0n) is 16.0. The predicted octanol–water partition coefficient (Wildman–Crippen LogP) is 0.630. The molecule has 10 heteroatoms. The van der Waals surface area contributed by atoms with E-state index in [4.69, 9.17) is 10.1 Å². The number of carboxylic acids is 1. The summed E-state index contributed by atoms with van der Waals surface area (Å²) in [6.07, 6.45) is 0.245. The van der Waals surface area contributed by atoms with Crippen LogP contribution in [0.25, 0.3) is 0 Å². The van der Waals surface area contributed by atoms with Crippen molar-refractivity contribution in [3.63, 3.8) is 0 Å². The number of amides is 1. The van der Waals surface area contributed by atoms with Gasteiger partial charge in [-0.15, -0.1) is 11.8 Å². The first kappa shape index (κ1) is 20.7. The Hall–Kier alpha value is -2.07. The van der Waals surface area contributed by atoms with E-state index in [1.807, 2.05) is 4.90 Å². The fourth-order valence-electron chi connectivity index (χ4n) is 4.28. The number of hydrogen-bond donors (Lipinski definition) is 3. The van der Waals surface area contributed by atoms with Crippen molar-refractivity contribution in [1.29, 1.82) is 5.41 Å². The summed E-state index contributed by atoms with van der Waals surface area (Å²) in [5, 5.41) is 27.4. The Morgan fingerprint density at radius 2 is 2.07 bits per heavy atom. The largest absolute Gasteiger partial charge is 0.477 e. The fraction of sp³-hybridized carbons (Fsp3) is 0.667. The van der Waals surface area contributed by atoms with Crippen LogP contribution in [-0.4, -0.2) is 80.3 Å². The van der Waals surface area contributed by atoms with E-state index in [0.717, 1.165) is 0 Å². The summed E-state index contributed by atoms with van der Waals surface area (Å²) in [7, 11) is 0. The third-order valence-corrected chi connectivity index (χ3v) is 6.80. The van der Waals surface area contributed by atoms with Gasteiger partial charge in [-0.05, 0) is 20.3 Å². The molecule has 3 rings (SSSR count).